The van der Waals surface area contributed by atoms with Crippen molar-refractivity contribution in [2.24, 2.45) is 0 Å². The molecule has 0 aliphatic carbocycles. The van der Waals surface area contributed by atoms with Gasteiger partial charge >= 0.3 is 6.18 Å². The standard InChI is InChI=1S/C24H23F3N6O/c1-32(2)14-12-28-22(34)16-8-10-19(11-9-16)29-23-30-21-20(7-4-13-33(21)31-23)17-5-3-6-18(15-17)24(25,26)27/h3-11,13,15H,12,14H2,1-2H3,(H,28,34)(H,29,31). The minimum atomic E-state index is -4.43. The lowest BCUT2D eigenvalue weighted by Crippen LogP contribution is -2.31. The molecule has 7 nitrogen and oxygen atoms in total. The van der Waals surface area contributed by atoms with E-state index in [2.05, 4.69) is 20.7 Å². The number of rotatable bonds is 7. The third-order valence-electron chi connectivity index (χ3n) is 5.11. The first kappa shape index (κ1) is 23.2. The molecule has 2 N–H and O–H groups in total. The molecule has 0 fully saturated rings. The number of nitrogens with zero attached hydrogens (tertiary/aromatic N) is 4. The Morgan fingerprint density at radius 2 is 1.82 bits per heavy atom. The summed E-state index contributed by atoms with van der Waals surface area (Å²) in [6.07, 6.45) is -2.76. The highest BCUT2D eigenvalue weighted by molar-refractivity contribution is 5.94. The summed E-state index contributed by atoms with van der Waals surface area (Å²) in [6, 6.07) is 15.4. The second-order valence-electron chi connectivity index (χ2n) is 7.97. The highest BCUT2D eigenvalue weighted by atomic mass is 19.4. The maximum atomic E-state index is 13.1. The molecular formula is C24H23F3N6O. The van der Waals surface area contributed by atoms with Crippen molar-refractivity contribution < 1.29 is 18.0 Å². The molecule has 0 aliphatic rings. The lowest BCUT2D eigenvalue weighted by atomic mass is 10.0. The number of likely N-dealkylation sites (N-methyl/N-ethyl adjacent to an activating group) is 1. The Bertz CT molecular complexity index is 1300. The molecule has 0 saturated carbocycles. The molecule has 0 radical (unpaired) electrons. The van der Waals surface area contributed by atoms with Gasteiger partial charge in [-0.05, 0) is 68.2 Å². The molecule has 0 saturated heterocycles. The van der Waals surface area contributed by atoms with Gasteiger partial charge in [-0.15, -0.1) is 5.10 Å². The van der Waals surface area contributed by atoms with Gasteiger partial charge in [-0.25, -0.2) is 4.52 Å². The van der Waals surface area contributed by atoms with Gasteiger partial charge in [-0.3, -0.25) is 4.79 Å². The largest absolute Gasteiger partial charge is 0.416 e. The first-order valence-electron chi connectivity index (χ1n) is 10.5. The van der Waals surface area contributed by atoms with Crippen molar-refractivity contribution in [3.63, 3.8) is 0 Å². The van der Waals surface area contributed by atoms with Crippen LogP contribution in [0.15, 0.2) is 66.9 Å². The van der Waals surface area contributed by atoms with Gasteiger partial charge in [-0.2, -0.15) is 18.2 Å². The number of nitrogens with one attached hydrogen (secondary N) is 2. The summed E-state index contributed by atoms with van der Waals surface area (Å²) in [5.41, 5.74) is 1.81. The number of hydrogen-bond donors (Lipinski definition) is 2. The van der Waals surface area contributed by atoms with Crippen LogP contribution < -0.4 is 10.6 Å². The Balaban J connectivity index is 1.53. The molecular weight excluding hydrogens is 445 g/mol. The van der Waals surface area contributed by atoms with Crippen molar-refractivity contribution in [2.75, 3.05) is 32.5 Å². The summed E-state index contributed by atoms with van der Waals surface area (Å²) in [7, 11) is 3.87. The van der Waals surface area contributed by atoms with E-state index in [1.807, 2.05) is 19.0 Å². The van der Waals surface area contributed by atoms with Crippen LogP contribution in [0, 0.1) is 0 Å². The number of alkyl halides is 3. The molecule has 34 heavy (non-hydrogen) atoms. The van der Waals surface area contributed by atoms with Gasteiger partial charge in [0, 0.05) is 36.1 Å². The van der Waals surface area contributed by atoms with Crippen LogP contribution >= 0.6 is 0 Å². The van der Waals surface area contributed by atoms with Crippen LogP contribution in [0.5, 0.6) is 0 Å². The fraction of sp³-hybridized carbons (Fsp3) is 0.208. The van der Waals surface area contributed by atoms with E-state index >= 15 is 0 Å². The van der Waals surface area contributed by atoms with E-state index in [-0.39, 0.29) is 11.9 Å². The normalized spacial score (nSPS) is 11.7. The van der Waals surface area contributed by atoms with E-state index in [0.717, 1.165) is 18.7 Å². The Kier molecular flexibility index (Phi) is 6.51. The molecule has 2 aromatic heterocycles. The number of carbonyl (C=O) groups excluding carboxylic acids is 1. The third kappa shape index (κ3) is 5.34. The number of aromatic nitrogens is 3. The van der Waals surface area contributed by atoms with Crippen molar-refractivity contribution in [3.05, 3.63) is 78.0 Å². The van der Waals surface area contributed by atoms with Crippen LogP contribution in [0.2, 0.25) is 0 Å². The van der Waals surface area contributed by atoms with Gasteiger partial charge in [-0.1, -0.05) is 12.1 Å². The third-order valence-corrected chi connectivity index (χ3v) is 5.11. The SMILES string of the molecule is CN(C)CCNC(=O)c1ccc(Nc2nc3c(-c4cccc(C(F)(F)F)c4)cccn3n2)cc1. The van der Waals surface area contributed by atoms with Crippen LogP contribution in [0.3, 0.4) is 0 Å². The van der Waals surface area contributed by atoms with Gasteiger partial charge in [0.15, 0.2) is 5.65 Å². The van der Waals surface area contributed by atoms with E-state index in [1.54, 1.807) is 48.7 Å². The molecule has 0 unspecified atom stereocenters. The topological polar surface area (TPSA) is 74.6 Å². The van der Waals surface area contributed by atoms with Crippen molar-refractivity contribution in [1.29, 1.82) is 0 Å². The highest BCUT2D eigenvalue weighted by Gasteiger charge is 2.30. The van der Waals surface area contributed by atoms with Crippen LogP contribution in [0.1, 0.15) is 15.9 Å². The molecule has 4 rings (SSSR count). The van der Waals surface area contributed by atoms with Crippen LogP contribution in [0.4, 0.5) is 24.8 Å². The number of fused-ring (bicyclic) bond motifs is 1. The smallest absolute Gasteiger partial charge is 0.351 e. The van der Waals surface area contributed by atoms with Crippen LogP contribution in [-0.4, -0.2) is 52.6 Å². The van der Waals surface area contributed by atoms with Gasteiger partial charge in [0.05, 0.1) is 5.56 Å². The fourth-order valence-electron chi connectivity index (χ4n) is 3.38. The van der Waals surface area contributed by atoms with Crippen LogP contribution in [0.25, 0.3) is 16.8 Å². The minimum Gasteiger partial charge on any atom is -0.351 e. The van der Waals surface area contributed by atoms with E-state index in [9.17, 15) is 18.0 Å². The van der Waals surface area contributed by atoms with Gasteiger partial charge < -0.3 is 15.5 Å². The predicted molar refractivity (Wildman–Crippen MR) is 124 cm³/mol. The van der Waals surface area contributed by atoms with Crippen LogP contribution in [-0.2, 0) is 6.18 Å². The Morgan fingerprint density at radius 1 is 1.06 bits per heavy atom. The maximum Gasteiger partial charge on any atom is 0.416 e. The molecule has 0 bridgehead atoms. The van der Waals surface area contributed by atoms with Crippen molar-refractivity contribution in [1.82, 2.24) is 24.8 Å². The van der Waals surface area contributed by atoms with E-state index in [0.29, 0.717) is 34.6 Å². The molecule has 1 amide bonds. The number of halogens is 3. The van der Waals surface area contributed by atoms with E-state index < -0.39 is 11.7 Å². The first-order valence-corrected chi connectivity index (χ1v) is 10.5. The summed E-state index contributed by atoms with van der Waals surface area (Å²) < 4.78 is 40.9. The lowest BCUT2D eigenvalue weighted by Gasteiger charge is -2.10. The fourth-order valence-corrected chi connectivity index (χ4v) is 3.38. The number of benzene rings is 2. The second kappa shape index (κ2) is 9.52. The Morgan fingerprint density at radius 3 is 2.53 bits per heavy atom. The zero-order chi connectivity index (χ0) is 24.3. The van der Waals surface area contributed by atoms with Crippen molar-refractivity contribution in [3.8, 4) is 11.1 Å². The zero-order valence-electron chi connectivity index (χ0n) is 18.6. The Labute approximate surface area is 194 Å². The highest BCUT2D eigenvalue weighted by Crippen LogP contribution is 2.33. The minimum absolute atomic E-state index is 0.162. The molecule has 0 aliphatic heterocycles. The summed E-state index contributed by atoms with van der Waals surface area (Å²) in [6.45, 7) is 1.29. The summed E-state index contributed by atoms with van der Waals surface area (Å²) in [5.74, 6) is 0.118. The van der Waals surface area contributed by atoms with E-state index in [1.165, 1.54) is 10.6 Å². The van der Waals surface area contributed by atoms with Gasteiger partial charge in [0.25, 0.3) is 5.91 Å². The lowest BCUT2D eigenvalue weighted by molar-refractivity contribution is -0.137. The number of amides is 1. The predicted octanol–water partition coefficient (Wildman–Crippen LogP) is 4.45. The summed E-state index contributed by atoms with van der Waals surface area (Å²) >= 11 is 0. The van der Waals surface area contributed by atoms with Crippen molar-refractivity contribution >= 4 is 23.2 Å². The van der Waals surface area contributed by atoms with Crippen molar-refractivity contribution in [2.45, 2.75) is 6.18 Å². The second-order valence-corrected chi connectivity index (χ2v) is 7.97. The van der Waals surface area contributed by atoms with E-state index in [4.69, 9.17) is 0 Å². The molecule has 176 valence electrons. The molecule has 0 atom stereocenters. The van der Waals surface area contributed by atoms with Gasteiger partial charge in [0.1, 0.15) is 0 Å². The molecule has 10 heteroatoms. The number of carbonyl (C=O) groups is 1. The summed E-state index contributed by atoms with van der Waals surface area (Å²) in [4.78, 5) is 18.7. The molecule has 2 heterocycles. The van der Waals surface area contributed by atoms with Gasteiger partial charge in [0.2, 0.25) is 5.95 Å². The zero-order valence-corrected chi connectivity index (χ0v) is 18.6. The summed E-state index contributed by atoms with van der Waals surface area (Å²) in [5, 5.41) is 10.3. The molecule has 2 aromatic carbocycles. The molecule has 0 spiro atoms. The number of hydrogen-bond acceptors (Lipinski definition) is 5. The number of anilines is 2. The number of pyridine rings is 1. The Hall–Kier alpha value is -3.92. The quantitative estimate of drug-likeness (QED) is 0.419. The average molecular weight is 468 g/mol. The molecule has 4 aromatic rings. The first-order chi connectivity index (χ1) is 16.2. The average Bonchev–Trinajstić information content (AvgIpc) is 3.21. The maximum absolute atomic E-state index is 13.1. The monoisotopic (exact) mass is 468 g/mol.